The summed E-state index contributed by atoms with van der Waals surface area (Å²) >= 11 is 6.99. The van der Waals surface area contributed by atoms with Crippen molar-refractivity contribution in [2.75, 3.05) is 6.61 Å². The number of nitrogens with one attached hydrogen (secondary N) is 1. The highest BCUT2D eigenvalue weighted by molar-refractivity contribution is 9.13. The predicted octanol–water partition coefficient (Wildman–Crippen LogP) is 4.90. The van der Waals surface area contributed by atoms with E-state index in [0.717, 1.165) is 27.8 Å². The molecule has 0 saturated heterocycles. The lowest BCUT2D eigenvalue weighted by atomic mass is 10.2. The van der Waals surface area contributed by atoms with E-state index >= 15 is 0 Å². The summed E-state index contributed by atoms with van der Waals surface area (Å²) in [5.41, 5.74) is 2.48. The maximum atomic E-state index is 5.50. The number of hydrogen-bond acceptors (Lipinski definition) is 2. The van der Waals surface area contributed by atoms with E-state index in [2.05, 4.69) is 67.5 Å². The van der Waals surface area contributed by atoms with Gasteiger partial charge in [-0.25, -0.2) is 0 Å². The fourth-order valence-corrected chi connectivity index (χ4v) is 2.59. The van der Waals surface area contributed by atoms with Gasteiger partial charge in [-0.3, -0.25) is 0 Å². The van der Waals surface area contributed by atoms with Crippen LogP contribution in [0.1, 0.15) is 18.1 Å². The van der Waals surface area contributed by atoms with Crippen LogP contribution < -0.4 is 10.1 Å². The van der Waals surface area contributed by atoms with Crippen LogP contribution in [0.3, 0.4) is 0 Å². The van der Waals surface area contributed by atoms with Crippen LogP contribution in [0.2, 0.25) is 0 Å². The van der Waals surface area contributed by atoms with Crippen LogP contribution in [0, 0.1) is 0 Å². The highest BCUT2D eigenvalue weighted by atomic mass is 79.9. The van der Waals surface area contributed by atoms with Crippen molar-refractivity contribution >= 4 is 31.9 Å². The van der Waals surface area contributed by atoms with Crippen molar-refractivity contribution < 1.29 is 4.74 Å². The predicted molar refractivity (Wildman–Crippen MR) is 90.0 cm³/mol. The van der Waals surface area contributed by atoms with Crippen molar-refractivity contribution in [3.8, 4) is 5.75 Å². The zero-order valence-corrected chi connectivity index (χ0v) is 14.5. The molecule has 106 valence electrons. The summed E-state index contributed by atoms with van der Waals surface area (Å²) in [4.78, 5) is 0. The first-order chi connectivity index (χ1) is 9.69. The Balaban J connectivity index is 1.89. The second-order valence-corrected chi connectivity index (χ2v) is 6.14. The van der Waals surface area contributed by atoms with Crippen LogP contribution >= 0.6 is 31.9 Å². The minimum atomic E-state index is 0.698. The summed E-state index contributed by atoms with van der Waals surface area (Å²) in [6, 6.07) is 14.5. The minimum Gasteiger partial charge on any atom is -0.494 e. The van der Waals surface area contributed by atoms with Gasteiger partial charge in [-0.05, 0) is 74.2 Å². The Kier molecular flexibility index (Phi) is 6.07. The summed E-state index contributed by atoms with van der Waals surface area (Å²) in [5.74, 6) is 0.929. The van der Waals surface area contributed by atoms with Gasteiger partial charge in [0.25, 0.3) is 0 Å². The first-order valence-electron chi connectivity index (χ1n) is 6.55. The molecule has 20 heavy (non-hydrogen) atoms. The molecule has 2 aromatic rings. The molecule has 0 aliphatic heterocycles. The van der Waals surface area contributed by atoms with E-state index in [9.17, 15) is 0 Å². The van der Waals surface area contributed by atoms with Crippen LogP contribution in [0.4, 0.5) is 0 Å². The average Bonchev–Trinajstić information content (AvgIpc) is 2.44. The second kappa shape index (κ2) is 7.81. The Morgan fingerprint density at radius 1 is 0.950 bits per heavy atom. The number of halogens is 2. The molecule has 0 heterocycles. The highest BCUT2D eigenvalue weighted by Gasteiger charge is 2.00. The summed E-state index contributed by atoms with van der Waals surface area (Å²) in [6.07, 6.45) is 0. The lowest BCUT2D eigenvalue weighted by molar-refractivity contribution is 0.340. The van der Waals surface area contributed by atoms with Gasteiger partial charge in [0.05, 0.1) is 6.61 Å². The van der Waals surface area contributed by atoms with E-state index in [-0.39, 0.29) is 0 Å². The van der Waals surface area contributed by atoms with Gasteiger partial charge in [-0.15, -0.1) is 0 Å². The van der Waals surface area contributed by atoms with Crippen molar-refractivity contribution in [1.29, 1.82) is 0 Å². The molecule has 0 amide bonds. The molecular weight excluding hydrogens is 382 g/mol. The monoisotopic (exact) mass is 397 g/mol. The summed E-state index contributed by atoms with van der Waals surface area (Å²) in [6.45, 7) is 4.36. The molecular formula is C16H17Br2NO. The third-order valence-corrected chi connectivity index (χ3v) is 4.73. The van der Waals surface area contributed by atoms with Gasteiger partial charge < -0.3 is 10.1 Å². The molecule has 0 aliphatic rings. The Morgan fingerprint density at radius 2 is 1.70 bits per heavy atom. The molecule has 0 spiro atoms. The van der Waals surface area contributed by atoms with Crippen molar-refractivity contribution in [2.24, 2.45) is 0 Å². The number of benzene rings is 2. The van der Waals surface area contributed by atoms with E-state index in [4.69, 9.17) is 4.74 Å². The maximum absolute atomic E-state index is 5.50. The summed E-state index contributed by atoms with van der Waals surface area (Å²) in [7, 11) is 0. The molecule has 0 unspecified atom stereocenters. The van der Waals surface area contributed by atoms with Crippen LogP contribution in [-0.4, -0.2) is 6.61 Å². The highest BCUT2D eigenvalue weighted by Crippen LogP contribution is 2.23. The fourth-order valence-electron chi connectivity index (χ4n) is 1.91. The third-order valence-electron chi connectivity index (χ3n) is 2.85. The Labute approximate surface area is 136 Å². The summed E-state index contributed by atoms with van der Waals surface area (Å²) < 4.78 is 7.65. The average molecular weight is 399 g/mol. The number of ether oxygens (including phenoxy) is 1. The van der Waals surface area contributed by atoms with Gasteiger partial charge in [-0.2, -0.15) is 0 Å². The van der Waals surface area contributed by atoms with Gasteiger partial charge in [0.1, 0.15) is 5.75 Å². The van der Waals surface area contributed by atoms with Crippen molar-refractivity contribution in [3.05, 3.63) is 62.5 Å². The largest absolute Gasteiger partial charge is 0.494 e. The molecule has 0 aliphatic carbocycles. The molecule has 0 bridgehead atoms. The van der Waals surface area contributed by atoms with Crippen LogP contribution in [0.25, 0.3) is 0 Å². The van der Waals surface area contributed by atoms with Crippen molar-refractivity contribution in [2.45, 2.75) is 20.0 Å². The summed E-state index contributed by atoms with van der Waals surface area (Å²) in [5, 5.41) is 3.44. The zero-order chi connectivity index (χ0) is 14.4. The van der Waals surface area contributed by atoms with Crippen molar-refractivity contribution in [1.82, 2.24) is 5.32 Å². The molecule has 0 radical (unpaired) electrons. The quantitative estimate of drug-likeness (QED) is 0.747. The van der Waals surface area contributed by atoms with Crippen LogP contribution in [-0.2, 0) is 13.1 Å². The standard InChI is InChI=1S/C16H17Br2NO/c1-2-20-14-5-3-4-12(8-14)10-19-11-13-6-7-15(17)16(18)9-13/h3-9,19H,2,10-11H2,1H3. The van der Waals surface area contributed by atoms with Crippen LogP contribution in [0.5, 0.6) is 5.75 Å². The molecule has 2 aromatic carbocycles. The SMILES string of the molecule is CCOc1cccc(CNCc2ccc(Br)c(Br)c2)c1. The normalized spacial score (nSPS) is 10.6. The van der Waals surface area contributed by atoms with E-state index in [1.165, 1.54) is 11.1 Å². The minimum absolute atomic E-state index is 0.698. The third kappa shape index (κ3) is 4.62. The van der Waals surface area contributed by atoms with E-state index in [1.54, 1.807) is 0 Å². The second-order valence-electron chi connectivity index (χ2n) is 4.43. The Bertz CT molecular complexity index is 572. The molecule has 0 fully saturated rings. The van der Waals surface area contributed by atoms with Crippen molar-refractivity contribution in [3.63, 3.8) is 0 Å². The molecule has 1 N–H and O–H groups in total. The van der Waals surface area contributed by atoms with Gasteiger partial charge in [0.15, 0.2) is 0 Å². The van der Waals surface area contributed by atoms with Gasteiger partial charge in [0, 0.05) is 22.0 Å². The van der Waals surface area contributed by atoms with E-state index < -0.39 is 0 Å². The number of rotatable bonds is 6. The molecule has 2 rings (SSSR count). The molecule has 4 heteroatoms. The first-order valence-corrected chi connectivity index (χ1v) is 8.14. The van der Waals surface area contributed by atoms with Crippen LogP contribution in [0.15, 0.2) is 51.4 Å². The molecule has 0 aromatic heterocycles. The molecule has 0 atom stereocenters. The Hall–Kier alpha value is -0.840. The van der Waals surface area contributed by atoms with Gasteiger partial charge in [-0.1, -0.05) is 18.2 Å². The maximum Gasteiger partial charge on any atom is 0.119 e. The topological polar surface area (TPSA) is 21.3 Å². The molecule has 0 saturated carbocycles. The van der Waals surface area contributed by atoms with Gasteiger partial charge in [0.2, 0.25) is 0 Å². The zero-order valence-electron chi connectivity index (χ0n) is 11.3. The Morgan fingerprint density at radius 3 is 2.40 bits per heavy atom. The van der Waals surface area contributed by atoms with E-state index in [0.29, 0.717) is 6.61 Å². The first kappa shape index (κ1) is 15.5. The van der Waals surface area contributed by atoms with E-state index in [1.807, 2.05) is 19.1 Å². The smallest absolute Gasteiger partial charge is 0.119 e. The lowest BCUT2D eigenvalue weighted by Gasteiger charge is -2.08. The fraction of sp³-hybridized carbons (Fsp3) is 0.250. The number of hydrogen-bond donors (Lipinski definition) is 1. The molecule has 2 nitrogen and oxygen atoms in total. The van der Waals surface area contributed by atoms with Gasteiger partial charge >= 0.3 is 0 Å². The lowest BCUT2D eigenvalue weighted by Crippen LogP contribution is -2.12.